The minimum absolute atomic E-state index is 0.671. The highest BCUT2D eigenvalue weighted by atomic mass is 15.1. The fourth-order valence-electron chi connectivity index (χ4n) is 4.46. The van der Waals surface area contributed by atoms with Gasteiger partial charge in [-0.3, -0.25) is 0 Å². The third-order valence-corrected chi connectivity index (χ3v) is 6.28. The molecule has 0 spiro atoms. The van der Waals surface area contributed by atoms with Gasteiger partial charge in [0.25, 0.3) is 0 Å². The summed E-state index contributed by atoms with van der Waals surface area (Å²) in [4.78, 5) is 2.77. The smallest absolute Gasteiger partial charge is 0.0107 e. The molecule has 2 atom stereocenters. The van der Waals surface area contributed by atoms with E-state index in [1.165, 1.54) is 71.0 Å². The SMILES string of the molecule is CCNC1CCCCC1CN1CCC(CC)(CC)CC1. The van der Waals surface area contributed by atoms with Crippen molar-refractivity contribution in [1.29, 1.82) is 0 Å². The van der Waals surface area contributed by atoms with Crippen molar-refractivity contribution < 1.29 is 0 Å². The lowest BCUT2D eigenvalue weighted by Crippen LogP contribution is -2.47. The molecular formula is C18H36N2. The minimum atomic E-state index is 0.671. The van der Waals surface area contributed by atoms with Gasteiger partial charge in [0.15, 0.2) is 0 Å². The van der Waals surface area contributed by atoms with Crippen molar-refractivity contribution in [1.82, 2.24) is 10.2 Å². The third kappa shape index (κ3) is 3.98. The largest absolute Gasteiger partial charge is 0.314 e. The van der Waals surface area contributed by atoms with Crippen molar-refractivity contribution >= 4 is 0 Å². The maximum absolute atomic E-state index is 3.74. The Kier molecular flexibility index (Phi) is 6.35. The molecule has 0 radical (unpaired) electrons. The van der Waals surface area contributed by atoms with Crippen LogP contribution in [0, 0.1) is 11.3 Å². The van der Waals surface area contributed by atoms with Crippen LogP contribution in [0.4, 0.5) is 0 Å². The summed E-state index contributed by atoms with van der Waals surface area (Å²) in [6.07, 6.45) is 11.3. The summed E-state index contributed by atoms with van der Waals surface area (Å²) in [6, 6.07) is 0.790. The molecule has 20 heavy (non-hydrogen) atoms. The number of nitrogens with zero attached hydrogens (tertiary/aromatic N) is 1. The minimum Gasteiger partial charge on any atom is -0.314 e. The predicted molar refractivity (Wildman–Crippen MR) is 88.1 cm³/mol. The van der Waals surface area contributed by atoms with E-state index >= 15 is 0 Å². The van der Waals surface area contributed by atoms with Gasteiger partial charge in [-0.1, -0.05) is 46.5 Å². The molecule has 1 aliphatic heterocycles. The molecule has 118 valence electrons. The first-order valence-corrected chi connectivity index (χ1v) is 9.18. The van der Waals surface area contributed by atoms with Crippen LogP contribution in [0.5, 0.6) is 0 Å². The first-order valence-electron chi connectivity index (χ1n) is 9.18. The van der Waals surface area contributed by atoms with Gasteiger partial charge in [-0.25, -0.2) is 0 Å². The van der Waals surface area contributed by atoms with Gasteiger partial charge in [0, 0.05) is 12.6 Å². The van der Waals surface area contributed by atoms with E-state index in [4.69, 9.17) is 0 Å². The van der Waals surface area contributed by atoms with Crippen LogP contribution in [0.15, 0.2) is 0 Å². The van der Waals surface area contributed by atoms with E-state index in [1.54, 1.807) is 0 Å². The summed E-state index contributed by atoms with van der Waals surface area (Å²) in [5, 5.41) is 3.74. The molecule has 2 unspecified atom stereocenters. The van der Waals surface area contributed by atoms with Crippen LogP contribution in [-0.2, 0) is 0 Å². The standard InChI is InChI=1S/C18H36N2/c1-4-18(5-2)11-13-20(14-12-18)15-16-9-7-8-10-17(16)19-6-3/h16-17,19H,4-15H2,1-3H3. The molecule has 0 amide bonds. The average Bonchev–Trinajstić information content (AvgIpc) is 2.51. The van der Waals surface area contributed by atoms with E-state index in [1.807, 2.05) is 0 Å². The summed E-state index contributed by atoms with van der Waals surface area (Å²) in [7, 11) is 0. The number of piperidine rings is 1. The Hall–Kier alpha value is -0.0800. The van der Waals surface area contributed by atoms with Crippen molar-refractivity contribution in [2.45, 2.75) is 78.2 Å². The summed E-state index contributed by atoms with van der Waals surface area (Å²) in [6.45, 7) is 12.2. The number of nitrogens with one attached hydrogen (secondary N) is 1. The highest BCUT2D eigenvalue weighted by molar-refractivity contribution is 4.88. The van der Waals surface area contributed by atoms with Crippen LogP contribution in [0.1, 0.15) is 72.1 Å². The second-order valence-corrected chi connectivity index (χ2v) is 7.22. The average molecular weight is 280 g/mol. The molecule has 2 rings (SSSR count). The van der Waals surface area contributed by atoms with E-state index in [-0.39, 0.29) is 0 Å². The summed E-state index contributed by atoms with van der Waals surface area (Å²) >= 11 is 0. The first kappa shape index (κ1) is 16.3. The predicted octanol–water partition coefficient (Wildman–Crippen LogP) is 4.06. The second-order valence-electron chi connectivity index (χ2n) is 7.22. The lowest BCUT2D eigenvalue weighted by atomic mass is 9.74. The van der Waals surface area contributed by atoms with Gasteiger partial charge in [-0.15, -0.1) is 0 Å². The Labute approximate surface area is 126 Å². The topological polar surface area (TPSA) is 15.3 Å². The maximum Gasteiger partial charge on any atom is 0.0107 e. The summed E-state index contributed by atoms with van der Waals surface area (Å²) in [5.41, 5.74) is 0.671. The number of likely N-dealkylation sites (tertiary alicyclic amines) is 1. The molecule has 0 aromatic heterocycles. The fourth-order valence-corrected chi connectivity index (χ4v) is 4.46. The number of hydrogen-bond donors (Lipinski definition) is 1. The van der Waals surface area contributed by atoms with E-state index in [2.05, 4.69) is 31.0 Å². The molecule has 2 fully saturated rings. The normalized spacial score (nSPS) is 31.4. The zero-order chi connectivity index (χ0) is 14.4. The van der Waals surface area contributed by atoms with Gasteiger partial charge in [0.2, 0.25) is 0 Å². The van der Waals surface area contributed by atoms with E-state index < -0.39 is 0 Å². The van der Waals surface area contributed by atoms with Crippen LogP contribution in [0.2, 0.25) is 0 Å². The molecule has 2 heteroatoms. The molecule has 2 aliphatic rings. The third-order valence-electron chi connectivity index (χ3n) is 6.28. The van der Waals surface area contributed by atoms with E-state index in [9.17, 15) is 0 Å². The molecule has 2 nitrogen and oxygen atoms in total. The molecule has 1 heterocycles. The molecular weight excluding hydrogens is 244 g/mol. The Morgan fingerprint density at radius 3 is 2.25 bits per heavy atom. The molecule has 1 saturated heterocycles. The lowest BCUT2D eigenvalue weighted by molar-refractivity contribution is 0.0724. The Morgan fingerprint density at radius 1 is 1.00 bits per heavy atom. The van der Waals surface area contributed by atoms with Crippen molar-refractivity contribution in [3.05, 3.63) is 0 Å². The second kappa shape index (κ2) is 7.79. The van der Waals surface area contributed by atoms with Crippen molar-refractivity contribution in [3.8, 4) is 0 Å². The van der Waals surface area contributed by atoms with Gasteiger partial charge in [-0.2, -0.15) is 0 Å². The summed E-state index contributed by atoms with van der Waals surface area (Å²) in [5.74, 6) is 0.902. The zero-order valence-corrected chi connectivity index (χ0v) is 14.1. The first-order chi connectivity index (χ1) is 9.73. The van der Waals surface area contributed by atoms with Crippen LogP contribution >= 0.6 is 0 Å². The molecule has 0 aromatic rings. The van der Waals surface area contributed by atoms with Crippen LogP contribution in [-0.4, -0.2) is 37.1 Å². The van der Waals surface area contributed by atoms with Gasteiger partial charge in [0.1, 0.15) is 0 Å². The van der Waals surface area contributed by atoms with Gasteiger partial charge in [0.05, 0.1) is 0 Å². The highest BCUT2D eigenvalue weighted by Crippen LogP contribution is 2.38. The van der Waals surface area contributed by atoms with E-state index in [0.29, 0.717) is 5.41 Å². The molecule has 0 bridgehead atoms. The zero-order valence-electron chi connectivity index (χ0n) is 14.1. The van der Waals surface area contributed by atoms with Crippen LogP contribution < -0.4 is 5.32 Å². The molecule has 1 saturated carbocycles. The van der Waals surface area contributed by atoms with Crippen LogP contribution in [0.3, 0.4) is 0 Å². The van der Waals surface area contributed by atoms with E-state index in [0.717, 1.165) is 18.5 Å². The van der Waals surface area contributed by atoms with Crippen molar-refractivity contribution in [2.75, 3.05) is 26.2 Å². The maximum atomic E-state index is 3.74. The summed E-state index contributed by atoms with van der Waals surface area (Å²) < 4.78 is 0. The quantitative estimate of drug-likeness (QED) is 0.789. The molecule has 1 aliphatic carbocycles. The number of hydrogen-bond acceptors (Lipinski definition) is 2. The fraction of sp³-hybridized carbons (Fsp3) is 1.00. The number of rotatable bonds is 6. The molecule has 1 N–H and O–H groups in total. The van der Waals surface area contributed by atoms with Crippen molar-refractivity contribution in [2.24, 2.45) is 11.3 Å². The van der Waals surface area contributed by atoms with Gasteiger partial charge in [-0.05, 0) is 56.7 Å². The van der Waals surface area contributed by atoms with Crippen molar-refractivity contribution in [3.63, 3.8) is 0 Å². The van der Waals surface area contributed by atoms with Gasteiger partial charge < -0.3 is 10.2 Å². The Morgan fingerprint density at radius 2 is 1.65 bits per heavy atom. The van der Waals surface area contributed by atoms with Gasteiger partial charge >= 0.3 is 0 Å². The monoisotopic (exact) mass is 280 g/mol. The Bertz CT molecular complexity index is 261. The molecule has 0 aromatic carbocycles. The Balaban J connectivity index is 1.81. The lowest BCUT2D eigenvalue weighted by Gasteiger charge is -2.43. The van der Waals surface area contributed by atoms with Crippen LogP contribution in [0.25, 0.3) is 0 Å². The highest BCUT2D eigenvalue weighted by Gasteiger charge is 2.33.